The van der Waals surface area contributed by atoms with Crippen LogP contribution in [-0.4, -0.2) is 36.6 Å². The van der Waals surface area contributed by atoms with Crippen molar-refractivity contribution in [1.82, 2.24) is 15.6 Å². The molecule has 3 rings (SSSR count). The third kappa shape index (κ3) is 4.22. The summed E-state index contributed by atoms with van der Waals surface area (Å²) in [5.74, 6) is 2.92. The van der Waals surface area contributed by atoms with Gasteiger partial charge < -0.3 is 15.4 Å². The van der Waals surface area contributed by atoms with Crippen LogP contribution >= 0.6 is 0 Å². The van der Waals surface area contributed by atoms with Gasteiger partial charge in [0.15, 0.2) is 0 Å². The number of hydrogen-bond acceptors (Lipinski definition) is 4. The highest BCUT2D eigenvalue weighted by Crippen LogP contribution is 2.56. The summed E-state index contributed by atoms with van der Waals surface area (Å²) in [7, 11) is 0. The molecule has 2 fully saturated rings. The maximum absolute atomic E-state index is 10.9. The average molecular weight is 317 g/mol. The lowest BCUT2D eigenvalue weighted by Crippen LogP contribution is -2.46. The van der Waals surface area contributed by atoms with Crippen LogP contribution in [0.15, 0.2) is 18.5 Å². The van der Waals surface area contributed by atoms with Crippen molar-refractivity contribution in [1.29, 1.82) is 0 Å². The Balaban J connectivity index is 1.47. The van der Waals surface area contributed by atoms with Gasteiger partial charge in [-0.3, -0.25) is 9.78 Å². The molecule has 1 aromatic rings. The fraction of sp³-hybridized carbons (Fsp3) is 0.667. The molecule has 5 heteroatoms. The second-order valence-corrected chi connectivity index (χ2v) is 6.88. The van der Waals surface area contributed by atoms with E-state index in [1.165, 1.54) is 12.0 Å². The lowest BCUT2D eigenvalue weighted by molar-refractivity contribution is -0.118. The van der Waals surface area contributed by atoms with Crippen LogP contribution < -0.4 is 15.4 Å². The first-order valence-corrected chi connectivity index (χ1v) is 8.70. The van der Waals surface area contributed by atoms with Gasteiger partial charge in [-0.25, -0.2) is 0 Å². The first-order valence-electron chi connectivity index (χ1n) is 8.70. The van der Waals surface area contributed by atoms with Crippen molar-refractivity contribution in [3.8, 4) is 5.75 Å². The molecule has 4 atom stereocenters. The monoisotopic (exact) mass is 317 g/mol. The molecule has 1 amide bonds. The van der Waals surface area contributed by atoms with Crippen molar-refractivity contribution in [2.45, 2.75) is 45.1 Å². The predicted molar refractivity (Wildman–Crippen MR) is 89.5 cm³/mol. The minimum absolute atomic E-state index is 0.0559. The Kier molecular flexibility index (Phi) is 5.16. The van der Waals surface area contributed by atoms with Gasteiger partial charge in [0, 0.05) is 25.7 Å². The third-order valence-electron chi connectivity index (χ3n) is 5.15. The molecular formula is C18H27N3O2. The van der Waals surface area contributed by atoms with Gasteiger partial charge in [0.25, 0.3) is 0 Å². The molecule has 2 heterocycles. The van der Waals surface area contributed by atoms with Crippen LogP contribution in [0.3, 0.4) is 0 Å². The molecule has 1 aliphatic carbocycles. The van der Waals surface area contributed by atoms with E-state index in [1.54, 1.807) is 13.1 Å². The Labute approximate surface area is 138 Å². The van der Waals surface area contributed by atoms with Crippen LogP contribution in [0.1, 0.15) is 44.6 Å². The van der Waals surface area contributed by atoms with Crippen LogP contribution in [-0.2, 0) is 4.79 Å². The number of nitrogens with zero attached hydrogens (tertiary/aromatic N) is 1. The van der Waals surface area contributed by atoms with Crippen LogP contribution in [0.4, 0.5) is 0 Å². The summed E-state index contributed by atoms with van der Waals surface area (Å²) in [5.41, 5.74) is 1.29. The van der Waals surface area contributed by atoms with Gasteiger partial charge in [-0.05, 0) is 55.2 Å². The van der Waals surface area contributed by atoms with Gasteiger partial charge in [0.2, 0.25) is 5.91 Å². The number of rotatable bonds is 8. The second-order valence-electron chi connectivity index (χ2n) is 6.88. The SMILES string of the molecule is CC(=O)NCCCC1C(C)C1c1cncc(OCC2CCN2)c1. The van der Waals surface area contributed by atoms with E-state index < -0.39 is 0 Å². The summed E-state index contributed by atoms with van der Waals surface area (Å²) in [4.78, 5) is 15.2. The Hall–Kier alpha value is -1.62. The van der Waals surface area contributed by atoms with Gasteiger partial charge in [-0.15, -0.1) is 0 Å². The molecule has 2 aliphatic rings. The maximum Gasteiger partial charge on any atom is 0.216 e. The van der Waals surface area contributed by atoms with E-state index in [0.717, 1.165) is 38.3 Å². The Morgan fingerprint density at radius 3 is 3.00 bits per heavy atom. The molecule has 0 aromatic carbocycles. The summed E-state index contributed by atoms with van der Waals surface area (Å²) in [6.07, 6.45) is 7.18. The molecule has 1 saturated heterocycles. The number of aromatic nitrogens is 1. The molecule has 1 saturated carbocycles. The highest BCUT2D eigenvalue weighted by Gasteiger charge is 2.46. The fourth-order valence-corrected chi connectivity index (χ4v) is 3.53. The summed E-state index contributed by atoms with van der Waals surface area (Å²) >= 11 is 0. The van der Waals surface area contributed by atoms with Crippen molar-refractivity contribution in [3.63, 3.8) is 0 Å². The van der Waals surface area contributed by atoms with E-state index in [-0.39, 0.29) is 5.91 Å². The maximum atomic E-state index is 10.9. The van der Waals surface area contributed by atoms with Gasteiger partial charge in [-0.1, -0.05) is 6.92 Å². The second kappa shape index (κ2) is 7.30. The average Bonchev–Trinajstić information content (AvgIpc) is 3.12. The normalized spacial score (nSPS) is 28.8. The number of carbonyl (C=O) groups is 1. The van der Waals surface area contributed by atoms with Crippen molar-refractivity contribution in [2.24, 2.45) is 11.8 Å². The Bertz CT molecular complexity index is 545. The minimum Gasteiger partial charge on any atom is -0.490 e. The zero-order chi connectivity index (χ0) is 16.2. The molecule has 0 spiro atoms. The quantitative estimate of drug-likeness (QED) is 0.721. The number of ether oxygens (including phenoxy) is 1. The van der Waals surface area contributed by atoms with Gasteiger partial charge in [0.1, 0.15) is 12.4 Å². The Morgan fingerprint density at radius 2 is 2.30 bits per heavy atom. The number of amides is 1. The number of pyridine rings is 1. The summed E-state index contributed by atoms with van der Waals surface area (Å²) in [6.45, 7) is 6.48. The first kappa shape index (κ1) is 16.2. The topological polar surface area (TPSA) is 63.2 Å². The van der Waals surface area contributed by atoms with E-state index in [9.17, 15) is 4.79 Å². The standard InChI is InChI=1S/C18H27N3O2/c1-12-17(4-3-6-20-13(2)22)18(12)14-8-16(10-19-9-14)23-11-15-5-7-21-15/h8-10,12,15,17-18,21H,3-7,11H2,1-2H3,(H,20,22). The van der Waals surface area contributed by atoms with Crippen molar-refractivity contribution in [3.05, 3.63) is 24.0 Å². The zero-order valence-corrected chi connectivity index (χ0v) is 14.0. The van der Waals surface area contributed by atoms with Crippen LogP contribution in [0.25, 0.3) is 0 Å². The Morgan fingerprint density at radius 1 is 1.48 bits per heavy atom. The number of nitrogens with one attached hydrogen (secondary N) is 2. The molecule has 5 nitrogen and oxygen atoms in total. The van der Waals surface area contributed by atoms with E-state index >= 15 is 0 Å². The smallest absolute Gasteiger partial charge is 0.216 e. The van der Waals surface area contributed by atoms with E-state index in [1.807, 2.05) is 6.20 Å². The number of carbonyl (C=O) groups excluding carboxylic acids is 1. The van der Waals surface area contributed by atoms with Gasteiger partial charge in [-0.2, -0.15) is 0 Å². The van der Waals surface area contributed by atoms with Crippen LogP contribution in [0.2, 0.25) is 0 Å². The highest BCUT2D eigenvalue weighted by molar-refractivity contribution is 5.72. The third-order valence-corrected chi connectivity index (χ3v) is 5.15. The highest BCUT2D eigenvalue weighted by atomic mass is 16.5. The molecule has 1 aromatic heterocycles. The van der Waals surface area contributed by atoms with E-state index in [4.69, 9.17) is 4.74 Å². The van der Waals surface area contributed by atoms with Crippen LogP contribution in [0.5, 0.6) is 5.75 Å². The molecule has 0 radical (unpaired) electrons. The minimum atomic E-state index is 0.0559. The molecule has 1 aliphatic heterocycles. The van der Waals surface area contributed by atoms with E-state index in [2.05, 4.69) is 28.6 Å². The molecule has 126 valence electrons. The summed E-state index contributed by atoms with van der Waals surface area (Å²) in [5, 5.41) is 6.21. The number of hydrogen-bond donors (Lipinski definition) is 2. The fourth-order valence-electron chi connectivity index (χ4n) is 3.53. The van der Waals surface area contributed by atoms with Crippen molar-refractivity contribution in [2.75, 3.05) is 19.7 Å². The molecule has 2 N–H and O–H groups in total. The van der Waals surface area contributed by atoms with E-state index in [0.29, 0.717) is 23.8 Å². The summed E-state index contributed by atoms with van der Waals surface area (Å²) < 4.78 is 5.85. The lowest BCUT2D eigenvalue weighted by Gasteiger charge is -2.27. The molecule has 23 heavy (non-hydrogen) atoms. The van der Waals surface area contributed by atoms with Gasteiger partial charge >= 0.3 is 0 Å². The lowest BCUT2D eigenvalue weighted by atomic mass is 10.1. The molecular weight excluding hydrogens is 290 g/mol. The van der Waals surface area contributed by atoms with Crippen molar-refractivity contribution < 1.29 is 9.53 Å². The first-order chi connectivity index (χ1) is 11.1. The largest absolute Gasteiger partial charge is 0.490 e. The van der Waals surface area contributed by atoms with Crippen LogP contribution in [0, 0.1) is 11.8 Å². The van der Waals surface area contributed by atoms with Gasteiger partial charge in [0.05, 0.1) is 6.20 Å². The summed E-state index contributed by atoms with van der Waals surface area (Å²) in [6, 6.07) is 2.65. The zero-order valence-electron chi connectivity index (χ0n) is 14.0. The van der Waals surface area contributed by atoms with Crippen molar-refractivity contribution >= 4 is 5.91 Å². The molecule has 0 bridgehead atoms. The molecule has 4 unspecified atom stereocenters. The predicted octanol–water partition coefficient (Wildman–Crippen LogP) is 2.09.